The van der Waals surface area contributed by atoms with Crippen molar-refractivity contribution in [3.8, 4) is 6.07 Å². The highest BCUT2D eigenvalue weighted by molar-refractivity contribution is 6.30. The summed E-state index contributed by atoms with van der Waals surface area (Å²) in [7, 11) is 0. The Bertz CT molecular complexity index is 410. The van der Waals surface area contributed by atoms with Crippen LogP contribution in [0.3, 0.4) is 0 Å². The van der Waals surface area contributed by atoms with Gasteiger partial charge >= 0.3 is 6.18 Å². The van der Waals surface area contributed by atoms with Crippen molar-refractivity contribution < 1.29 is 18.3 Å². The van der Waals surface area contributed by atoms with Gasteiger partial charge in [0.2, 0.25) is 0 Å². The summed E-state index contributed by atoms with van der Waals surface area (Å²) in [6.45, 7) is 0. The third-order valence-electron chi connectivity index (χ3n) is 2.27. The Labute approximate surface area is 101 Å². The molecule has 0 aliphatic carbocycles. The molecule has 92 valence electrons. The Morgan fingerprint density at radius 1 is 1.29 bits per heavy atom. The largest absolute Gasteiger partial charge is 0.414 e. The third kappa shape index (κ3) is 3.91. The molecule has 0 radical (unpaired) electrons. The first-order chi connectivity index (χ1) is 7.84. The van der Waals surface area contributed by atoms with Gasteiger partial charge in [-0.1, -0.05) is 23.7 Å². The van der Waals surface area contributed by atoms with Crippen LogP contribution in [-0.4, -0.2) is 17.4 Å². The minimum Gasteiger partial charge on any atom is -0.384 e. The Balaban J connectivity index is 2.80. The predicted octanol–water partition coefficient (Wildman–Crippen LogP) is 3.26. The van der Waals surface area contributed by atoms with Crippen molar-refractivity contribution in [1.29, 1.82) is 5.26 Å². The summed E-state index contributed by atoms with van der Waals surface area (Å²) in [5, 5.41) is 18.1. The molecule has 0 aromatic heterocycles. The quantitative estimate of drug-likeness (QED) is 0.910. The fourth-order valence-electron chi connectivity index (χ4n) is 1.32. The first-order valence-electron chi connectivity index (χ1n) is 4.74. The van der Waals surface area contributed by atoms with Gasteiger partial charge in [-0.2, -0.15) is 18.4 Å². The summed E-state index contributed by atoms with van der Waals surface area (Å²) >= 11 is 5.63. The second-order valence-electron chi connectivity index (χ2n) is 3.53. The monoisotopic (exact) mass is 263 g/mol. The summed E-state index contributed by atoms with van der Waals surface area (Å²) in [4.78, 5) is 0. The Hall–Kier alpha value is -1.25. The second-order valence-corrected chi connectivity index (χ2v) is 3.96. The molecular weight excluding hydrogens is 255 g/mol. The van der Waals surface area contributed by atoms with Crippen molar-refractivity contribution in [1.82, 2.24) is 0 Å². The maximum atomic E-state index is 12.1. The van der Waals surface area contributed by atoms with Crippen LogP contribution in [0.15, 0.2) is 24.3 Å². The zero-order valence-electron chi connectivity index (χ0n) is 8.58. The molecule has 1 N–H and O–H groups in total. The lowest BCUT2D eigenvalue weighted by atomic mass is 9.94. The first kappa shape index (κ1) is 13.8. The van der Waals surface area contributed by atoms with E-state index in [4.69, 9.17) is 22.0 Å². The number of alkyl halides is 3. The Morgan fingerprint density at radius 3 is 2.24 bits per heavy atom. The average molecular weight is 264 g/mol. The van der Waals surface area contributed by atoms with Crippen LogP contribution in [0.25, 0.3) is 0 Å². The van der Waals surface area contributed by atoms with Gasteiger partial charge in [0.1, 0.15) is 0 Å². The Kier molecular flexibility index (Phi) is 4.38. The van der Waals surface area contributed by atoms with Crippen molar-refractivity contribution in [2.75, 3.05) is 0 Å². The highest BCUT2D eigenvalue weighted by atomic mass is 35.5. The second kappa shape index (κ2) is 5.39. The van der Waals surface area contributed by atoms with Crippen LogP contribution in [0.1, 0.15) is 17.9 Å². The van der Waals surface area contributed by atoms with E-state index in [0.717, 1.165) is 0 Å². The molecule has 0 aliphatic rings. The first-order valence-corrected chi connectivity index (χ1v) is 5.12. The molecule has 0 spiro atoms. The average Bonchev–Trinajstić information content (AvgIpc) is 2.25. The number of benzene rings is 1. The number of hydrogen-bond acceptors (Lipinski definition) is 2. The van der Waals surface area contributed by atoms with E-state index in [9.17, 15) is 13.2 Å². The maximum Gasteiger partial charge on any atom is 0.414 e. The zero-order valence-corrected chi connectivity index (χ0v) is 9.33. The molecule has 1 aromatic carbocycles. The van der Waals surface area contributed by atoms with E-state index in [0.29, 0.717) is 10.6 Å². The molecule has 0 saturated carbocycles. The molecule has 1 rings (SSSR count). The summed E-state index contributed by atoms with van der Waals surface area (Å²) in [5.74, 6) is -1.01. The fourth-order valence-corrected chi connectivity index (χ4v) is 1.44. The maximum absolute atomic E-state index is 12.1. The summed E-state index contributed by atoms with van der Waals surface area (Å²) < 4.78 is 36.4. The van der Waals surface area contributed by atoms with E-state index >= 15 is 0 Å². The number of hydrogen-bond donors (Lipinski definition) is 1. The molecule has 0 amide bonds. The minimum atomic E-state index is -4.71. The molecule has 0 heterocycles. The third-order valence-corrected chi connectivity index (χ3v) is 2.52. The smallest absolute Gasteiger partial charge is 0.384 e. The van der Waals surface area contributed by atoms with Crippen LogP contribution in [-0.2, 0) is 0 Å². The van der Waals surface area contributed by atoms with E-state index in [1.165, 1.54) is 24.3 Å². The zero-order chi connectivity index (χ0) is 13.1. The van der Waals surface area contributed by atoms with Gasteiger partial charge in [0.15, 0.2) is 6.10 Å². The van der Waals surface area contributed by atoms with Crippen LogP contribution in [0, 0.1) is 11.3 Å². The van der Waals surface area contributed by atoms with Gasteiger partial charge in [-0.05, 0) is 17.7 Å². The van der Waals surface area contributed by atoms with Crippen molar-refractivity contribution in [2.45, 2.75) is 24.6 Å². The molecular formula is C11H9ClF3NO. The fraction of sp³-hybridized carbons (Fsp3) is 0.364. The van der Waals surface area contributed by atoms with Crippen LogP contribution >= 0.6 is 11.6 Å². The van der Waals surface area contributed by atoms with Crippen molar-refractivity contribution in [2.24, 2.45) is 0 Å². The summed E-state index contributed by atoms with van der Waals surface area (Å²) in [5.41, 5.74) is 0.403. The van der Waals surface area contributed by atoms with Gasteiger partial charge in [-0.25, -0.2) is 0 Å². The minimum absolute atomic E-state index is 0.403. The molecule has 2 nitrogen and oxygen atoms in total. The van der Waals surface area contributed by atoms with E-state index in [1.807, 2.05) is 0 Å². The molecule has 0 fully saturated rings. The van der Waals surface area contributed by atoms with E-state index in [1.54, 1.807) is 6.07 Å². The topological polar surface area (TPSA) is 44.0 Å². The SMILES string of the molecule is N#C[C@@H](C[C@H](O)C(F)(F)F)c1ccc(Cl)cc1. The molecule has 17 heavy (non-hydrogen) atoms. The lowest BCUT2D eigenvalue weighted by molar-refractivity contribution is -0.205. The molecule has 0 bridgehead atoms. The van der Waals surface area contributed by atoms with E-state index in [-0.39, 0.29) is 0 Å². The van der Waals surface area contributed by atoms with Gasteiger partial charge < -0.3 is 5.11 Å². The highest BCUT2D eigenvalue weighted by Gasteiger charge is 2.39. The molecule has 1 aromatic rings. The number of rotatable bonds is 3. The van der Waals surface area contributed by atoms with Gasteiger partial charge in [0, 0.05) is 11.4 Å². The van der Waals surface area contributed by atoms with Gasteiger partial charge in [0.05, 0.1) is 12.0 Å². The number of aliphatic hydroxyl groups is 1. The van der Waals surface area contributed by atoms with Crippen LogP contribution in [0.2, 0.25) is 5.02 Å². The van der Waals surface area contributed by atoms with Gasteiger partial charge in [-0.15, -0.1) is 0 Å². The number of nitrogens with zero attached hydrogens (tertiary/aromatic N) is 1. The Morgan fingerprint density at radius 2 is 1.82 bits per heavy atom. The standard InChI is InChI=1S/C11H9ClF3NO/c12-9-3-1-7(2-4-9)8(6-16)5-10(17)11(13,14)15/h1-4,8,10,17H,5H2/t8-,10+/m1/s1. The van der Waals surface area contributed by atoms with E-state index < -0.39 is 24.6 Å². The van der Waals surface area contributed by atoms with Crippen molar-refractivity contribution in [3.63, 3.8) is 0 Å². The normalized spacial score (nSPS) is 15.1. The van der Waals surface area contributed by atoms with Crippen LogP contribution in [0.5, 0.6) is 0 Å². The van der Waals surface area contributed by atoms with Crippen LogP contribution < -0.4 is 0 Å². The van der Waals surface area contributed by atoms with Crippen LogP contribution in [0.4, 0.5) is 13.2 Å². The lowest BCUT2D eigenvalue weighted by Crippen LogP contribution is -2.30. The van der Waals surface area contributed by atoms with Gasteiger partial charge in [-0.3, -0.25) is 0 Å². The van der Waals surface area contributed by atoms with Crippen molar-refractivity contribution in [3.05, 3.63) is 34.9 Å². The molecule has 0 saturated heterocycles. The molecule has 0 aliphatic heterocycles. The summed E-state index contributed by atoms with van der Waals surface area (Å²) in [6.07, 6.45) is -7.88. The lowest BCUT2D eigenvalue weighted by Gasteiger charge is -2.17. The summed E-state index contributed by atoms with van der Waals surface area (Å²) in [6, 6.07) is 7.66. The van der Waals surface area contributed by atoms with Crippen molar-refractivity contribution >= 4 is 11.6 Å². The van der Waals surface area contributed by atoms with E-state index in [2.05, 4.69) is 0 Å². The molecule has 6 heteroatoms. The highest BCUT2D eigenvalue weighted by Crippen LogP contribution is 2.29. The number of halogens is 4. The predicted molar refractivity (Wildman–Crippen MR) is 56.5 cm³/mol. The molecule has 2 atom stereocenters. The molecule has 0 unspecified atom stereocenters. The van der Waals surface area contributed by atoms with Gasteiger partial charge in [0.25, 0.3) is 0 Å². The number of aliphatic hydroxyl groups excluding tert-OH is 1. The number of nitriles is 1.